The lowest BCUT2D eigenvalue weighted by Crippen LogP contribution is -2.60. The van der Waals surface area contributed by atoms with Crippen LogP contribution in [0.15, 0.2) is 18.2 Å². The molecule has 7 nitrogen and oxygen atoms in total. The number of hydrogen-bond acceptors (Lipinski definition) is 5. The molecule has 0 bridgehead atoms. The first-order chi connectivity index (χ1) is 15.1. The molecular weight excluding hydrogens is 408 g/mol. The molecule has 1 fully saturated rings. The van der Waals surface area contributed by atoms with Crippen molar-refractivity contribution in [3.05, 3.63) is 34.9 Å². The summed E-state index contributed by atoms with van der Waals surface area (Å²) in [7, 11) is 1.32. The molecule has 0 heterocycles. The number of benzene rings is 1. The minimum Gasteiger partial charge on any atom is -0.467 e. The van der Waals surface area contributed by atoms with Gasteiger partial charge in [0.05, 0.1) is 7.11 Å². The molecule has 2 amide bonds. The number of aryl methyl sites for hydroxylation is 2. The van der Waals surface area contributed by atoms with Crippen LogP contribution in [0.25, 0.3) is 0 Å². The third kappa shape index (κ3) is 6.02. The van der Waals surface area contributed by atoms with Crippen LogP contribution in [0.4, 0.5) is 4.79 Å². The van der Waals surface area contributed by atoms with Gasteiger partial charge in [-0.25, -0.2) is 9.59 Å². The van der Waals surface area contributed by atoms with Gasteiger partial charge in [-0.2, -0.15) is 0 Å². The Labute approximate surface area is 190 Å². The van der Waals surface area contributed by atoms with E-state index in [1.54, 1.807) is 20.8 Å². The fraction of sp³-hybridized carbons (Fsp3) is 0.640. The number of hydrogen-bond donors (Lipinski definition) is 2. The number of methoxy groups -OCH3 is 1. The van der Waals surface area contributed by atoms with Gasteiger partial charge >= 0.3 is 12.1 Å². The smallest absolute Gasteiger partial charge is 0.408 e. The van der Waals surface area contributed by atoms with E-state index in [0.717, 1.165) is 31.2 Å². The van der Waals surface area contributed by atoms with Crippen molar-refractivity contribution in [1.29, 1.82) is 0 Å². The van der Waals surface area contributed by atoms with Gasteiger partial charge in [0.15, 0.2) is 0 Å². The molecule has 7 heteroatoms. The summed E-state index contributed by atoms with van der Waals surface area (Å²) in [5.74, 6) is -0.865. The highest BCUT2D eigenvalue weighted by Gasteiger charge is 2.44. The maximum absolute atomic E-state index is 13.3. The summed E-state index contributed by atoms with van der Waals surface area (Å²) in [5.41, 5.74) is 1.93. The Balaban J connectivity index is 1.74. The molecule has 2 aliphatic rings. The summed E-state index contributed by atoms with van der Waals surface area (Å²) in [6, 6.07) is 5.46. The normalized spacial score (nSPS) is 18.2. The molecule has 0 aromatic heterocycles. The van der Waals surface area contributed by atoms with Gasteiger partial charge in [-0.3, -0.25) is 4.79 Å². The van der Waals surface area contributed by atoms with Gasteiger partial charge in [-0.1, -0.05) is 31.0 Å². The summed E-state index contributed by atoms with van der Waals surface area (Å²) in [4.78, 5) is 38.3. The molecule has 0 aliphatic heterocycles. The highest BCUT2D eigenvalue weighted by atomic mass is 16.6. The molecule has 176 valence electrons. The van der Waals surface area contributed by atoms with Gasteiger partial charge in [0.25, 0.3) is 0 Å². The average Bonchev–Trinajstić information content (AvgIpc) is 3.20. The molecule has 0 saturated heterocycles. The molecule has 1 aromatic carbocycles. The summed E-state index contributed by atoms with van der Waals surface area (Å²) in [5, 5.41) is 5.65. The zero-order valence-electron chi connectivity index (χ0n) is 19.7. The van der Waals surface area contributed by atoms with Crippen molar-refractivity contribution in [3.63, 3.8) is 0 Å². The largest absolute Gasteiger partial charge is 0.467 e. The number of carbonyl (C=O) groups is 3. The van der Waals surface area contributed by atoms with E-state index in [4.69, 9.17) is 9.47 Å². The van der Waals surface area contributed by atoms with Gasteiger partial charge in [-0.15, -0.1) is 0 Å². The fourth-order valence-electron chi connectivity index (χ4n) is 4.67. The lowest BCUT2D eigenvalue weighted by Gasteiger charge is -2.32. The minimum absolute atomic E-state index is 0.341. The van der Waals surface area contributed by atoms with Crippen LogP contribution in [0.1, 0.15) is 76.0 Å². The molecule has 0 radical (unpaired) electrons. The second-order valence-electron chi connectivity index (χ2n) is 9.98. The van der Waals surface area contributed by atoms with Gasteiger partial charge < -0.3 is 20.1 Å². The lowest BCUT2D eigenvalue weighted by molar-refractivity contribution is -0.145. The highest BCUT2D eigenvalue weighted by molar-refractivity contribution is 5.93. The van der Waals surface area contributed by atoms with Crippen LogP contribution < -0.4 is 10.6 Å². The van der Waals surface area contributed by atoms with Gasteiger partial charge in [-0.05, 0) is 76.0 Å². The Morgan fingerprint density at radius 1 is 1.03 bits per heavy atom. The first-order valence-corrected chi connectivity index (χ1v) is 11.6. The first kappa shape index (κ1) is 24.1. The number of fused-ring (bicyclic) bond motifs is 1. The van der Waals surface area contributed by atoms with Crippen LogP contribution in [-0.4, -0.2) is 42.3 Å². The van der Waals surface area contributed by atoms with Crippen LogP contribution in [0, 0.1) is 0 Å². The number of ether oxygens (including phenoxy) is 2. The van der Waals surface area contributed by atoms with Crippen molar-refractivity contribution < 1.29 is 23.9 Å². The topological polar surface area (TPSA) is 93.7 Å². The Kier molecular flexibility index (Phi) is 7.47. The van der Waals surface area contributed by atoms with Crippen LogP contribution in [0.3, 0.4) is 0 Å². The lowest BCUT2D eigenvalue weighted by atomic mass is 9.89. The first-order valence-electron chi connectivity index (χ1n) is 11.6. The maximum atomic E-state index is 13.3. The molecule has 3 rings (SSSR count). The van der Waals surface area contributed by atoms with Crippen molar-refractivity contribution in [1.82, 2.24) is 10.6 Å². The van der Waals surface area contributed by atoms with Crippen molar-refractivity contribution >= 4 is 18.0 Å². The molecule has 1 atom stereocenters. The molecule has 32 heavy (non-hydrogen) atoms. The minimum atomic E-state index is -1.08. The van der Waals surface area contributed by atoms with Gasteiger partial charge in [0.2, 0.25) is 5.91 Å². The Morgan fingerprint density at radius 3 is 2.31 bits per heavy atom. The standard InChI is InChI=1S/C25H36N2O5/c1-24(2,3)32-23(30)27-25(13-7-8-14-25)22(29)26-20(21(28)31-4)16-17-11-12-18-9-5-6-10-19(18)15-17/h11-12,15,20H,5-10,13-14,16H2,1-4H3,(H,26,29)(H,27,30). The third-order valence-electron chi connectivity index (χ3n) is 6.28. The monoisotopic (exact) mass is 444 g/mol. The van der Waals surface area contributed by atoms with E-state index in [-0.39, 0.29) is 5.91 Å². The van der Waals surface area contributed by atoms with Crippen molar-refractivity contribution in [2.24, 2.45) is 0 Å². The SMILES string of the molecule is COC(=O)C(Cc1ccc2c(c1)CCCC2)NC(=O)C1(NC(=O)OC(C)(C)C)CCCC1. The fourth-order valence-corrected chi connectivity index (χ4v) is 4.67. The van der Waals surface area contributed by atoms with Crippen LogP contribution in [-0.2, 0) is 38.3 Å². The molecule has 1 saturated carbocycles. The summed E-state index contributed by atoms with van der Waals surface area (Å²) in [6.07, 6.45) is 6.87. The van der Waals surface area contributed by atoms with E-state index in [2.05, 4.69) is 22.8 Å². The van der Waals surface area contributed by atoms with E-state index in [9.17, 15) is 14.4 Å². The molecule has 0 spiro atoms. The summed E-state index contributed by atoms with van der Waals surface area (Å²) >= 11 is 0. The Morgan fingerprint density at radius 2 is 1.69 bits per heavy atom. The van der Waals surface area contributed by atoms with Crippen molar-refractivity contribution in [3.8, 4) is 0 Å². The summed E-state index contributed by atoms with van der Waals surface area (Å²) < 4.78 is 10.4. The molecule has 1 aromatic rings. The molecule has 2 N–H and O–H groups in total. The quantitative estimate of drug-likeness (QED) is 0.654. The summed E-state index contributed by atoms with van der Waals surface area (Å²) in [6.45, 7) is 5.33. The maximum Gasteiger partial charge on any atom is 0.408 e. The van der Waals surface area contributed by atoms with E-state index in [1.807, 2.05) is 6.07 Å². The number of rotatable bonds is 6. The Hall–Kier alpha value is -2.57. The van der Waals surface area contributed by atoms with Gasteiger partial charge in [0, 0.05) is 6.42 Å². The second kappa shape index (κ2) is 9.92. The highest BCUT2D eigenvalue weighted by Crippen LogP contribution is 2.31. The molecule has 2 aliphatic carbocycles. The molecular formula is C25H36N2O5. The predicted molar refractivity (Wildman–Crippen MR) is 121 cm³/mol. The number of amides is 2. The second-order valence-corrected chi connectivity index (χ2v) is 9.98. The van der Waals surface area contributed by atoms with Crippen molar-refractivity contribution in [2.75, 3.05) is 7.11 Å². The number of nitrogens with one attached hydrogen (secondary N) is 2. The van der Waals surface area contributed by atoms with E-state index in [1.165, 1.54) is 31.1 Å². The van der Waals surface area contributed by atoms with E-state index >= 15 is 0 Å². The number of carbonyl (C=O) groups excluding carboxylic acids is 3. The van der Waals surface area contributed by atoms with Gasteiger partial charge in [0.1, 0.15) is 17.2 Å². The number of alkyl carbamates (subject to hydrolysis) is 1. The van der Waals surface area contributed by atoms with Crippen LogP contribution in [0.2, 0.25) is 0 Å². The molecule has 1 unspecified atom stereocenters. The Bertz CT molecular complexity index is 852. The van der Waals surface area contributed by atoms with Crippen molar-refractivity contribution in [2.45, 2.75) is 95.7 Å². The third-order valence-corrected chi connectivity index (χ3v) is 6.28. The van der Waals surface area contributed by atoms with E-state index in [0.29, 0.717) is 19.3 Å². The van der Waals surface area contributed by atoms with Crippen LogP contribution >= 0.6 is 0 Å². The van der Waals surface area contributed by atoms with E-state index < -0.39 is 29.2 Å². The van der Waals surface area contributed by atoms with Crippen LogP contribution in [0.5, 0.6) is 0 Å². The zero-order valence-corrected chi connectivity index (χ0v) is 19.7. The number of esters is 1. The zero-order chi connectivity index (χ0) is 23.4. The predicted octanol–water partition coefficient (Wildman–Crippen LogP) is 3.60. The average molecular weight is 445 g/mol.